The first-order chi connectivity index (χ1) is 28.4. The van der Waals surface area contributed by atoms with Crippen LogP contribution in [0.5, 0.6) is 0 Å². The fourth-order valence-corrected chi connectivity index (χ4v) is 11.5. The average molecular weight is 761 g/mol. The first-order valence-corrected chi connectivity index (χ1v) is 21.3. The maximum absolute atomic E-state index is 2.48. The minimum absolute atomic E-state index is 0.121. The summed E-state index contributed by atoms with van der Waals surface area (Å²) in [4.78, 5) is 7.50. The van der Waals surface area contributed by atoms with Gasteiger partial charge in [0.25, 0.3) is 0 Å². The van der Waals surface area contributed by atoms with E-state index in [-0.39, 0.29) is 13.4 Å². The maximum atomic E-state index is 2.48. The topological polar surface area (TPSA) is 6.48 Å². The van der Waals surface area contributed by atoms with Crippen LogP contribution >= 0.6 is 11.8 Å². The van der Waals surface area contributed by atoms with Gasteiger partial charge in [0, 0.05) is 39.0 Å². The molecule has 0 saturated carbocycles. The Bertz CT molecular complexity index is 2570. The zero-order valence-electron chi connectivity index (χ0n) is 33.3. The van der Waals surface area contributed by atoms with Crippen molar-refractivity contribution in [1.29, 1.82) is 0 Å². The van der Waals surface area contributed by atoms with Crippen LogP contribution < -0.4 is 42.6 Å². The number of para-hydroxylation sites is 4. The summed E-state index contributed by atoms with van der Waals surface area (Å²) in [6.07, 6.45) is 0.955. The van der Waals surface area contributed by atoms with Gasteiger partial charge in [-0.05, 0) is 99.5 Å². The van der Waals surface area contributed by atoms with Crippen LogP contribution in [0.25, 0.3) is 0 Å². The molecule has 0 atom stereocenters. The lowest BCUT2D eigenvalue weighted by molar-refractivity contribution is 1.09. The number of hydrogen-bond acceptors (Lipinski definition) is 3. The highest BCUT2D eigenvalue weighted by Crippen LogP contribution is 2.51. The van der Waals surface area contributed by atoms with Gasteiger partial charge < -0.3 is 9.80 Å². The van der Waals surface area contributed by atoms with Crippen LogP contribution in [0.15, 0.2) is 180 Å². The van der Waals surface area contributed by atoms with Gasteiger partial charge in [-0.1, -0.05) is 176 Å². The quantitative estimate of drug-likeness (QED) is 0.165. The van der Waals surface area contributed by atoms with Gasteiger partial charge in [-0.3, -0.25) is 0 Å². The van der Waals surface area contributed by atoms with E-state index < -0.39 is 0 Å². The Morgan fingerprint density at radius 2 is 0.690 bits per heavy atom. The SMILES string of the molecule is Cc1cc(N2c3ccccc3Cc3ccccc32)cc(C)c1B1c2ccccc2B(c2c(C)cc(N3c4ccccc4Sc4ccccc43)cc2C)c2ccccc21. The zero-order valence-corrected chi connectivity index (χ0v) is 34.1. The van der Waals surface area contributed by atoms with Crippen LogP contribution in [0.3, 0.4) is 0 Å². The van der Waals surface area contributed by atoms with Crippen molar-refractivity contribution in [2.45, 2.75) is 43.9 Å². The van der Waals surface area contributed by atoms with Gasteiger partial charge >= 0.3 is 0 Å². The molecule has 0 unspecified atom stereocenters. The lowest BCUT2D eigenvalue weighted by atomic mass is 9.20. The highest BCUT2D eigenvalue weighted by Gasteiger charge is 2.41. The predicted octanol–water partition coefficient (Wildman–Crippen LogP) is 9.57. The second-order valence-electron chi connectivity index (χ2n) is 16.3. The van der Waals surface area contributed by atoms with Crippen molar-refractivity contribution < 1.29 is 0 Å². The van der Waals surface area contributed by atoms with E-state index in [0.29, 0.717) is 0 Å². The van der Waals surface area contributed by atoms with Crippen molar-refractivity contribution in [3.63, 3.8) is 0 Å². The highest BCUT2D eigenvalue weighted by atomic mass is 32.2. The van der Waals surface area contributed by atoms with Crippen LogP contribution in [0, 0.1) is 27.7 Å². The predicted molar refractivity (Wildman–Crippen MR) is 250 cm³/mol. The molecule has 0 N–H and O–H groups in total. The van der Waals surface area contributed by atoms with Crippen LogP contribution in [-0.4, -0.2) is 13.4 Å². The second-order valence-corrected chi connectivity index (χ2v) is 17.3. The van der Waals surface area contributed by atoms with E-state index in [9.17, 15) is 0 Å². The van der Waals surface area contributed by atoms with E-state index in [1.54, 1.807) is 0 Å². The van der Waals surface area contributed by atoms with Crippen molar-refractivity contribution in [3.8, 4) is 0 Å². The molecule has 0 fully saturated rings. The van der Waals surface area contributed by atoms with Crippen LogP contribution in [-0.2, 0) is 6.42 Å². The molecule has 8 aromatic rings. The minimum Gasteiger partial charge on any atom is -0.310 e. The molecule has 0 amide bonds. The highest BCUT2D eigenvalue weighted by molar-refractivity contribution is 7.99. The molecule has 8 aromatic carbocycles. The third-order valence-corrected chi connectivity index (χ3v) is 13.9. The smallest absolute Gasteiger partial charge is 0.240 e. The average Bonchev–Trinajstić information content (AvgIpc) is 3.24. The molecule has 5 heteroatoms. The van der Waals surface area contributed by atoms with Gasteiger partial charge in [0.2, 0.25) is 13.4 Å². The molecule has 0 saturated heterocycles. The summed E-state index contributed by atoms with van der Waals surface area (Å²) < 4.78 is 0. The molecule has 2 nitrogen and oxygen atoms in total. The third-order valence-electron chi connectivity index (χ3n) is 12.8. The summed E-state index contributed by atoms with van der Waals surface area (Å²) in [6.45, 7) is 9.54. The number of aryl methyl sites for hydroxylation is 4. The molecular weight excluding hydrogens is 718 g/mol. The van der Waals surface area contributed by atoms with Crippen LogP contribution in [0.2, 0.25) is 0 Å². The Hall–Kier alpha value is -6.16. The number of anilines is 6. The summed E-state index contributed by atoms with van der Waals surface area (Å²) >= 11 is 1.86. The van der Waals surface area contributed by atoms with Crippen molar-refractivity contribution in [2.24, 2.45) is 0 Å². The van der Waals surface area contributed by atoms with Crippen molar-refractivity contribution in [1.82, 2.24) is 0 Å². The molecule has 3 heterocycles. The Morgan fingerprint density at radius 3 is 1.09 bits per heavy atom. The number of hydrogen-bond donors (Lipinski definition) is 0. The Balaban J connectivity index is 1.04. The number of fused-ring (bicyclic) bond motifs is 6. The number of nitrogens with zero attached hydrogens (tertiary/aromatic N) is 2. The lowest BCUT2D eigenvalue weighted by Gasteiger charge is -2.37. The summed E-state index contributed by atoms with van der Waals surface area (Å²) in [5, 5.41) is 0. The molecular formula is C53H42B2N2S. The fraction of sp³-hybridized carbons (Fsp3) is 0.0943. The fourth-order valence-electron chi connectivity index (χ4n) is 10.5. The first-order valence-electron chi connectivity index (χ1n) is 20.5. The van der Waals surface area contributed by atoms with E-state index in [2.05, 4.69) is 207 Å². The van der Waals surface area contributed by atoms with Gasteiger partial charge in [0.1, 0.15) is 0 Å². The number of rotatable bonds is 4. The second kappa shape index (κ2) is 13.7. The standard InChI is InChI=1S/C53H42B2N2S/c1-34-29-40(56-46-23-11-5-17-38(46)33-39-18-6-12-24-47(39)56)30-35(2)52(34)54-42-19-7-9-21-44(42)55(45-22-10-8-20-43(45)54)53-36(3)31-41(32-37(53)4)57-48-25-13-15-27-50(48)58-51-28-16-14-26-49(51)57/h5-32H,33H2,1-4H3. The molecule has 3 aliphatic heterocycles. The Labute approximate surface area is 347 Å². The van der Waals surface area contributed by atoms with E-state index in [0.717, 1.165) is 6.42 Å². The molecule has 3 aliphatic rings. The molecule has 0 spiro atoms. The molecule has 0 aliphatic carbocycles. The van der Waals surface area contributed by atoms with Gasteiger partial charge in [0.05, 0.1) is 11.4 Å². The summed E-state index contributed by atoms with van der Waals surface area (Å²) in [7, 11) is 0. The summed E-state index contributed by atoms with van der Waals surface area (Å²) in [6, 6.07) is 63.6. The van der Waals surface area contributed by atoms with E-state index in [1.807, 2.05) is 11.8 Å². The molecule has 11 rings (SSSR count). The normalized spacial score (nSPS) is 13.6. The van der Waals surface area contributed by atoms with Crippen LogP contribution in [0.1, 0.15) is 33.4 Å². The van der Waals surface area contributed by atoms with Crippen molar-refractivity contribution in [3.05, 3.63) is 203 Å². The van der Waals surface area contributed by atoms with Gasteiger partial charge in [-0.2, -0.15) is 0 Å². The molecule has 0 aromatic heterocycles. The van der Waals surface area contributed by atoms with Crippen molar-refractivity contribution >= 4 is 92.1 Å². The van der Waals surface area contributed by atoms with Gasteiger partial charge in [-0.15, -0.1) is 0 Å². The summed E-state index contributed by atoms with van der Waals surface area (Å²) in [5.74, 6) is 0. The maximum Gasteiger partial charge on any atom is 0.240 e. The first kappa shape index (κ1) is 35.0. The van der Waals surface area contributed by atoms with Crippen molar-refractivity contribution in [2.75, 3.05) is 9.80 Å². The molecule has 58 heavy (non-hydrogen) atoms. The van der Waals surface area contributed by atoms with E-state index in [4.69, 9.17) is 0 Å². The van der Waals surface area contributed by atoms with E-state index in [1.165, 1.54) is 110 Å². The third kappa shape index (κ3) is 5.44. The molecule has 0 bridgehead atoms. The molecule has 0 radical (unpaired) electrons. The van der Waals surface area contributed by atoms with Gasteiger partial charge in [0.15, 0.2) is 0 Å². The lowest BCUT2D eigenvalue weighted by Crippen LogP contribution is -2.75. The van der Waals surface area contributed by atoms with Gasteiger partial charge in [-0.25, -0.2) is 0 Å². The van der Waals surface area contributed by atoms with Crippen LogP contribution in [0.4, 0.5) is 34.1 Å². The largest absolute Gasteiger partial charge is 0.310 e. The monoisotopic (exact) mass is 760 g/mol. The number of benzene rings is 8. The Kier molecular flexibility index (Phi) is 8.31. The molecule has 276 valence electrons. The Morgan fingerprint density at radius 1 is 0.379 bits per heavy atom. The minimum atomic E-state index is 0.121. The summed E-state index contributed by atoms with van der Waals surface area (Å²) in [5.41, 5.74) is 23.9. The zero-order chi connectivity index (χ0) is 39.1. The van der Waals surface area contributed by atoms with E-state index >= 15 is 0 Å².